The van der Waals surface area contributed by atoms with Crippen LogP contribution in [0, 0.1) is 17.1 Å². The number of carbonyl (C=O) groups is 2. The van der Waals surface area contributed by atoms with Gasteiger partial charge in [0.2, 0.25) is 0 Å². The molecule has 0 aliphatic rings. The fourth-order valence-electron chi connectivity index (χ4n) is 2.05. The van der Waals surface area contributed by atoms with Crippen LogP contribution >= 0.6 is 0 Å². The van der Waals surface area contributed by atoms with E-state index in [-0.39, 0.29) is 17.4 Å². The molecule has 0 bridgehead atoms. The van der Waals surface area contributed by atoms with Crippen LogP contribution in [-0.2, 0) is 9.53 Å². The van der Waals surface area contributed by atoms with E-state index in [1.165, 1.54) is 24.3 Å². The maximum atomic E-state index is 12.9. The standard InChI is InChI=1S/C18H15FN2O3/c1-12(14-5-7-16(19)8-6-14)21-17(22)11-24-18(23)15-4-2-3-13(9-15)10-20/h2-9,12H,11H2,1H3,(H,21,22)/t12-/m0/s1. The zero-order chi connectivity index (χ0) is 17.5. The molecule has 0 fully saturated rings. The molecule has 122 valence electrons. The lowest BCUT2D eigenvalue weighted by Crippen LogP contribution is -2.31. The van der Waals surface area contributed by atoms with Gasteiger partial charge in [-0.3, -0.25) is 4.79 Å². The van der Waals surface area contributed by atoms with Crippen LogP contribution in [0.25, 0.3) is 0 Å². The quantitative estimate of drug-likeness (QED) is 0.857. The molecule has 0 aliphatic heterocycles. The van der Waals surface area contributed by atoms with Gasteiger partial charge in [-0.1, -0.05) is 18.2 Å². The molecule has 0 aromatic heterocycles. The number of ether oxygens (including phenoxy) is 1. The first-order valence-electron chi connectivity index (χ1n) is 7.21. The fourth-order valence-corrected chi connectivity index (χ4v) is 2.05. The van der Waals surface area contributed by atoms with Gasteiger partial charge in [0, 0.05) is 0 Å². The Morgan fingerprint density at radius 1 is 1.25 bits per heavy atom. The second-order valence-corrected chi connectivity index (χ2v) is 5.11. The number of nitriles is 1. The molecule has 2 aromatic carbocycles. The van der Waals surface area contributed by atoms with Gasteiger partial charge in [0.25, 0.3) is 5.91 Å². The smallest absolute Gasteiger partial charge is 0.338 e. The summed E-state index contributed by atoms with van der Waals surface area (Å²) in [7, 11) is 0. The molecular formula is C18H15FN2O3. The molecule has 2 aromatic rings. The normalized spacial score (nSPS) is 11.2. The number of hydrogen-bond donors (Lipinski definition) is 1. The second-order valence-electron chi connectivity index (χ2n) is 5.11. The molecule has 1 amide bonds. The molecule has 0 radical (unpaired) electrons. The molecule has 2 rings (SSSR count). The number of benzene rings is 2. The number of carbonyl (C=O) groups excluding carboxylic acids is 2. The van der Waals surface area contributed by atoms with E-state index in [1.54, 1.807) is 31.2 Å². The summed E-state index contributed by atoms with van der Waals surface area (Å²) in [6.45, 7) is 1.30. The summed E-state index contributed by atoms with van der Waals surface area (Å²) < 4.78 is 17.8. The molecular weight excluding hydrogens is 311 g/mol. The minimum atomic E-state index is -0.684. The third-order valence-electron chi connectivity index (χ3n) is 3.31. The van der Waals surface area contributed by atoms with Crippen molar-refractivity contribution >= 4 is 11.9 Å². The highest BCUT2D eigenvalue weighted by Crippen LogP contribution is 2.12. The van der Waals surface area contributed by atoms with Gasteiger partial charge in [0.15, 0.2) is 6.61 Å². The summed E-state index contributed by atoms with van der Waals surface area (Å²) in [5.41, 5.74) is 1.27. The average Bonchev–Trinajstić information content (AvgIpc) is 2.60. The maximum Gasteiger partial charge on any atom is 0.338 e. The first kappa shape index (κ1) is 17.2. The van der Waals surface area contributed by atoms with Crippen LogP contribution in [0.5, 0.6) is 0 Å². The van der Waals surface area contributed by atoms with Crippen molar-refractivity contribution in [2.45, 2.75) is 13.0 Å². The minimum Gasteiger partial charge on any atom is -0.452 e. The third-order valence-corrected chi connectivity index (χ3v) is 3.31. The van der Waals surface area contributed by atoms with Crippen LogP contribution < -0.4 is 5.32 Å². The Balaban J connectivity index is 1.87. The molecule has 0 saturated heterocycles. The van der Waals surface area contributed by atoms with Crippen LogP contribution in [0.2, 0.25) is 0 Å². The molecule has 6 heteroatoms. The number of amides is 1. The molecule has 0 saturated carbocycles. The Morgan fingerprint density at radius 3 is 2.62 bits per heavy atom. The number of nitrogens with zero attached hydrogens (tertiary/aromatic N) is 1. The molecule has 24 heavy (non-hydrogen) atoms. The Hall–Kier alpha value is -3.20. The monoisotopic (exact) mass is 326 g/mol. The molecule has 0 unspecified atom stereocenters. The van der Waals surface area contributed by atoms with Crippen molar-refractivity contribution in [2.24, 2.45) is 0 Å². The molecule has 0 spiro atoms. The van der Waals surface area contributed by atoms with Gasteiger partial charge in [0.1, 0.15) is 5.82 Å². The average molecular weight is 326 g/mol. The van der Waals surface area contributed by atoms with E-state index in [0.29, 0.717) is 5.56 Å². The number of halogens is 1. The lowest BCUT2D eigenvalue weighted by atomic mass is 10.1. The molecule has 5 nitrogen and oxygen atoms in total. The Kier molecular flexibility index (Phi) is 5.63. The van der Waals surface area contributed by atoms with Gasteiger partial charge in [-0.05, 0) is 42.8 Å². The predicted molar refractivity (Wildman–Crippen MR) is 84.4 cm³/mol. The molecule has 0 aliphatic carbocycles. The maximum absolute atomic E-state index is 12.9. The summed E-state index contributed by atoms with van der Waals surface area (Å²) >= 11 is 0. The van der Waals surface area contributed by atoms with Gasteiger partial charge in [-0.2, -0.15) is 5.26 Å². The first-order valence-corrected chi connectivity index (χ1v) is 7.21. The largest absolute Gasteiger partial charge is 0.452 e. The predicted octanol–water partition coefficient (Wildman–Crippen LogP) is 2.73. The van der Waals surface area contributed by atoms with Gasteiger partial charge in [-0.15, -0.1) is 0 Å². The molecule has 1 atom stereocenters. The van der Waals surface area contributed by atoms with E-state index in [0.717, 1.165) is 5.56 Å². The van der Waals surface area contributed by atoms with Crippen molar-refractivity contribution in [1.29, 1.82) is 5.26 Å². The van der Waals surface area contributed by atoms with Gasteiger partial charge in [0.05, 0.1) is 23.2 Å². The zero-order valence-electron chi connectivity index (χ0n) is 13.0. The molecule has 1 N–H and O–H groups in total. The SMILES string of the molecule is C[C@H](NC(=O)COC(=O)c1cccc(C#N)c1)c1ccc(F)cc1. The van der Waals surface area contributed by atoms with Gasteiger partial charge in [-0.25, -0.2) is 9.18 Å². The molecule has 0 heterocycles. The van der Waals surface area contributed by atoms with Crippen LogP contribution in [0.15, 0.2) is 48.5 Å². The van der Waals surface area contributed by atoms with Crippen LogP contribution in [0.4, 0.5) is 4.39 Å². The summed E-state index contributed by atoms with van der Waals surface area (Å²) in [5, 5.41) is 11.5. The van der Waals surface area contributed by atoms with E-state index < -0.39 is 18.5 Å². The summed E-state index contributed by atoms with van der Waals surface area (Å²) in [5.74, 6) is -1.51. The van der Waals surface area contributed by atoms with Crippen molar-refractivity contribution < 1.29 is 18.7 Å². The van der Waals surface area contributed by atoms with Crippen molar-refractivity contribution in [2.75, 3.05) is 6.61 Å². The number of rotatable bonds is 5. The lowest BCUT2D eigenvalue weighted by molar-refractivity contribution is -0.124. The number of esters is 1. The van der Waals surface area contributed by atoms with Crippen LogP contribution in [0.3, 0.4) is 0 Å². The summed E-state index contributed by atoms with van der Waals surface area (Å²) in [6, 6.07) is 13.3. The van der Waals surface area contributed by atoms with Crippen molar-refractivity contribution in [3.8, 4) is 6.07 Å². The highest BCUT2D eigenvalue weighted by molar-refractivity contribution is 5.91. The van der Waals surface area contributed by atoms with E-state index in [1.807, 2.05) is 6.07 Å². The van der Waals surface area contributed by atoms with Crippen molar-refractivity contribution in [3.05, 3.63) is 71.0 Å². The Labute approximate surface area is 138 Å². The minimum absolute atomic E-state index is 0.202. The van der Waals surface area contributed by atoms with Crippen molar-refractivity contribution in [3.63, 3.8) is 0 Å². The van der Waals surface area contributed by atoms with Crippen LogP contribution in [-0.4, -0.2) is 18.5 Å². The van der Waals surface area contributed by atoms with Gasteiger partial charge < -0.3 is 10.1 Å². The van der Waals surface area contributed by atoms with Crippen molar-refractivity contribution in [1.82, 2.24) is 5.32 Å². The Bertz CT molecular complexity index is 782. The third kappa shape index (κ3) is 4.65. The van der Waals surface area contributed by atoms with E-state index in [4.69, 9.17) is 10.00 Å². The zero-order valence-corrected chi connectivity index (χ0v) is 13.0. The van der Waals surface area contributed by atoms with E-state index in [9.17, 15) is 14.0 Å². The number of hydrogen-bond acceptors (Lipinski definition) is 4. The second kappa shape index (κ2) is 7.88. The van der Waals surface area contributed by atoms with Crippen LogP contribution in [0.1, 0.15) is 34.5 Å². The summed E-state index contributed by atoms with van der Waals surface area (Å²) in [4.78, 5) is 23.7. The summed E-state index contributed by atoms with van der Waals surface area (Å²) in [6.07, 6.45) is 0. The Morgan fingerprint density at radius 2 is 1.96 bits per heavy atom. The fraction of sp³-hybridized carbons (Fsp3) is 0.167. The topological polar surface area (TPSA) is 79.2 Å². The van der Waals surface area contributed by atoms with E-state index in [2.05, 4.69) is 5.32 Å². The highest BCUT2D eigenvalue weighted by Gasteiger charge is 2.13. The van der Waals surface area contributed by atoms with E-state index >= 15 is 0 Å². The highest BCUT2D eigenvalue weighted by atomic mass is 19.1. The lowest BCUT2D eigenvalue weighted by Gasteiger charge is -2.14. The van der Waals surface area contributed by atoms with Gasteiger partial charge >= 0.3 is 5.97 Å². The number of nitrogens with one attached hydrogen (secondary N) is 1. The first-order chi connectivity index (χ1) is 11.5.